The van der Waals surface area contributed by atoms with E-state index in [1.165, 1.54) is 16.7 Å². The molecule has 3 heteroatoms. The summed E-state index contributed by atoms with van der Waals surface area (Å²) in [7, 11) is 3.95. The second-order valence-corrected chi connectivity index (χ2v) is 5.58. The van der Waals surface area contributed by atoms with E-state index in [0.29, 0.717) is 6.04 Å². The van der Waals surface area contributed by atoms with Gasteiger partial charge in [0.25, 0.3) is 0 Å². The van der Waals surface area contributed by atoms with Gasteiger partial charge in [-0.05, 0) is 45.0 Å². The topological polar surface area (TPSA) is 24.5 Å². The number of aryl methyl sites for hydroxylation is 2. The van der Waals surface area contributed by atoms with Gasteiger partial charge >= 0.3 is 0 Å². The molecule has 1 aromatic carbocycles. The number of ether oxygens (including phenoxy) is 1. The van der Waals surface area contributed by atoms with E-state index in [0.717, 1.165) is 32.7 Å². The lowest BCUT2D eigenvalue weighted by molar-refractivity contribution is 0.176. The molecule has 0 spiro atoms. The molecule has 0 saturated carbocycles. The third kappa shape index (κ3) is 5.61. The maximum atomic E-state index is 5.12. The van der Waals surface area contributed by atoms with E-state index in [-0.39, 0.29) is 0 Å². The van der Waals surface area contributed by atoms with Crippen molar-refractivity contribution >= 4 is 0 Å². The molecule has 0 radical (unpaired) electrons. The van der Waals surface area contributed by atoms with Crippen molar-refractivity contribution in [1.82, 2.24) is 10.2 Å². The zero-order chi connectivity index (χ0) is 15.0. The van der Waals surface area contributed by atoms with Gasteiger partial charge in [0.1, 0.15) is 0 Å². The molecule has 0 heterocycles. The van der Waals surface area contributed by atoms with Crippen molar-refractivity contribution in [2.45, 2.75) is 33.2 Å². The Morgan fingerprint density at radius 1 is 1.30 bits per heavy atom. The molecule has 1 atom stereocenters. The van der Waals surface area contributed by atoms with Gasteiger partial charge in [-0.2, -0.15) is 0 Å². The van der Waals surface area contributed by atoms with Crippen molar-refractivity contribution in [3.05, 3.63) is 34.9 Å². The Kier molecular flexibility index (Phi) is 7.82. The van der Waals surface area contributed by atoms with Crippen LogP contribution < -0.4 is 5.32 Å². The fourth-order valence-corrected chi connectivity index (χ4v) is 2.62. The van der Waals surface area contributed by atoms with Gasteiger partial charge in [-0.15, -0.1) is 0 Å². The lowest BCUT2D eigenvalue weighted by Crippen LogP contribution is -2.34. The molecule has 0 saturated heterocycles. The van der Waals surface area contributed by atoms with Gasteiger partial charge in [-0.1, -0.05) is 30.7 Å². The number of nitrogens with one attached hydrogen (secondary N) is 1. The van der Waals surface area contributed by atoms with Crippen LogP contribution in [0.1, 0.15) is 36.1 Å². The summed E-state index contributed by atoms with van der Waals surface area (Å²) in [6.45, 7) is 10.4. The minimum atomic E-state index is 0.396. The fourth-order valence-electron chi connectivity index (χ4n) is 2.62. The van der Waals surface area contributed by atoms with Gasteiger partial charge in [-0.25, -0.2) is 0 Å². The molecule has 0 aliphatic carbocycles. The summed E-state index contributed by atoms with van der Waals surface area (Å²) in [5, 5.41) is 3.61. The van der Waals surface area contributed by atoms with Crippen LogP contribution in [0.5, 0.6) is 0 Å². The molecule has 1 rings (SSSR count). The quantitative estimate of drug-likeness (QED) is 0.703. The first-order valence-electron chi connectivity index (χ1n) is 7.56. The number of rotatable bonds is 9. The Balaban J connectivity index is 2.68. The number of methoxy groups -OCH3 is 1. The molecule has 114 valence electrons. The monoisotopic (exact) mass is 278 g/mol. The maximum Gasteiger partial charge on any atom is 0.0474 e. The van der Waals surface area contributed by atoms with E-state index in [9.17, 15) is 0 Å². The van der Waals surface area contributed by atoms with Crippen molar-refractivity contribution in [1.29, 1.82) is 0 Å². The van der Waals surface area contributed by atoms with E-state index in [2.05, 4.69) is 56.2 Å². The van der Waals surface area contributed by atoms with E-state index in [4.69, 9.17) is 4.74 Å². The molecule has 20 heavy (non-hydrogen) atoms. The first-order chi connectivity index (χ1) is 9.58. The highest BCUT2D eigenvalue weighted by Gasteiger charge is 2.14. The molecule has 0 amide bonds. The van der Waals surface area contributed by atoms with Crippen LogP contribution in [0.15, 0.2) is 18.2 Å². The van der Waals surface area contributed by atoms with Crippen LogP contribution in [0.3, 0.4) is 0 Å². The smallest absolute Gasteiger partial charge is 0.0474 e. The summed E-state index contributed by atoms with van der Waals surface area (Å²) in [6, 6.07) is 7.14. The van der Waals surface area contributed by atoms with Crippen LogP contribution in [0.2, 0.25) is 0 Å². The van der Waals surface area contributed by atoms with Crippen molar-refractivity contribution in [3.63, 3.8) is 0 Å². The number of hydrogen-bond donors (Lipinski definition) is 1. The minimum Gasteiger partial charge on any atom is -0.385 e. The zero-order valence-electron chi connectivity index (χ0n) is 13.7. The van der Waals surface area contributed by atoms with E-state index >= 15 is 0 Å². The molecule has 0 fully saturated rings. The summed E-state index contributed by atoms with van der Waals surface area (Å²) in [6.07, 6.45) is 1.08. The molecule has 3 nitrogen and oxygen atoms in total. The molecule has 1 unspecified atom stereocenters. The lowest BCUT2D eigenvalue weighted by atomic mass is 9.98. The number of benzene rings is 1. The third-order valence-corrected chi connectivity index (χ3v) is 3.63. The van der Waals surface area contributed by atoms with Gasteiger partial charge in [0, 0.05) is 32.8 Å². The Morgan fingerprint density at radius 2 is 2.05 bits per heavy atom. The molecular formula is C17H30N2O. The summed E-state index contributed by atoms with van der Waals surface area (Å²) >= 11 is 0. The standard InChI is InChI=1S/C17H30N2O/c1-6-18-17(13-19(4)10-7-11-20-5)16-9-8-14(2)12-15(16)3/h8-9,12,17-18H,6-7,10-11,13H2,1-5H3. The van der Waals surface area contributed by atoms with E-state index < -0.39 is 0 Å². The lowest BCUT2D eigenvalue weighted by Gasteiger charge is -2.26. The van der Waals surface area contributed by atoms with Crippen molar-refractivity contribution < 1.29 is 4.74 Å². The van der Waals surface area contributed by atoms with Crippen LogP contribution >= 0.6 is 0 Å². The normalized spacial score (nSPS) is 12.9. The predicted molar refractivity (Wildman–Crippen MR) is 86.3 cm³/mol. The molecule has 1 aromatic rings. The number of nitrogens with zero attached hydrogens (tertiary/aromatic N) is 1. The molecule has 0 aliphatic rings. The first kappa shape index (κ1) is 17.2. The molecule has 1 N–H and O–H groups in total. The Morgan fingerprint density at radius 3 is 2.65 bits per heavy atom. The molecule has 0 aliphatic heterocycles. The SMILES string of the molecule is CCNC(CN(C)CCCOC)c1ccc(C)cc1C. The summed E-state index contributed by atoms with van der Waals surface area (Å²) in [5.41, 5.74) is 4.12. The number of hydrogen-bond acceptors (Lipinski definition) is 3. The van der Waals surface area contributed by atoms with Crippen LogP contribution in [-0.2, 0) is 4.74 Å². The summed E-state index contributed by atoms with van der Waals surface area (Å²) in [5.74, 6) is 0. The summed E-state index contributed by atoms with van der Waals surface area (Å²) < 4.78 is 5.12. The van der Waals surface area contributed by atoms with Crippen LogP contribution in [-0.4, -0.2) is 45.3 Å². The summed E-state index contributed by atoms with van der Waals surface area (Å²) in [4.78, 5) is 2.38. The second kappa shape index (κ2) is 9.11. The van der Waals surface area contributed by atoms with Gasteiger partial charge in [0.15, 0.2) is 0 Å². The van der Waals surface area contributed by atoms with Gasteiger partial charge in [0.2, 0.25) is 0 Å². The van der Waals surface area contributed by atoms with Crippen molar-refractivity contribution in [2.24, 2.45) is 0 Å². The van der Waals surface area contributed by atoms with Gasteiger partial charge in [-0.3, -0.25) is 0 Å². The maximum absolute atomic E-state index is 5.12. The van der Waals surface area contributed by atoms with Crippen molar-refractivity contribution in [2.75, 3.05) is 40.4 Å². The average molecular weight is 278 g/mol. The molecule has 0 aromatic heterocycles. The first-order valence-corrected chi connectivity index (χ1v) is 7.56. The van der Waals surface area contributed by atoms with Crippen molar-refractivity contribution in [3.8, 4) is 0 Å². The highest BCUT2D eigenvalue weighted by Crippen LogP contribution is 2.20. The van der Waals surface area contributed by atoms with E-state index in [1.54, 1.807) is 7.11 Å². The highest BCUT2D eigenvalue weighted by atomic mass is 16.5. The number of likely N-dealkylation sites (N-methyl/N-ethyl adjacent to an activating group) is 2. The highest BCUT2D eigenvalue weighted by molar-refractivity contribution is 5.33. The van der Waals surface area contributed by atoms with Crippen LogP contribution in [0.25, 0.3) is 0 Å². The largest absolute Gasteiger partial charge is 0.385 e. The Bertz CT molecular complexity index is 393. The van der Waals surface area contributed by atoms with Gasteiger partial charge in [0.05, 0.1) is 0 Å². The average Bonchev–Trinajstić information content (AvgIpc) is 2.38. The van der Waals surface area contributed by atoms with E-state index in [1.807, 2.05) is 0 Å². The molecular weight excluding hydrogens is 248 g/mol. The third-order valence-electron chi connectivity index (χ3n) is 3.63. The second-order valence-electron chi connectivity index (χ2n) is 5.58. The molecule has 0 bridgehead atoms. The minimum absolute atomic E-state index is 0.396. The fraction of sp³-hybridized carbons (Fsp3) is 0.647. The Hall–Kier alpha value is -0.900. The van der Waals surface area contributed by atoms with Crippen LogP contribution in [0.4, 0.5) is 0 Å². The van der Waals surface area contributed by atoms with Crippen LogP contribution in [0, 0.1) is 13.8 Å². The van der Waals surface area contributed by atoms with Gasteiger partial charge < -0.3 is 15.0 Å². The zero-order valence-corrected chi connectivity index (χ0v) is 13.7. The Labute approximate surface area is 124 Å². The predicted octanol–water partition coefficient (Wildman–Crippen LogP) is 2.92.